The molecule has 0 fully saturated rings. The number of amidine groups is 1. The van der Waals surface area contributed by atoms with Gasteiger partial charge >= 0.3 is 0 Å². The second-order valence-corrected chi connectivity index (χ2v) is 8.10. The van der Waals surface area contributed by atoms with Gasteiger partial charge in [0.15, 0.2) is 6.17 Å². The van der Waals surface area contributed by atoms with Gasteiger partial charge < -0.3 is 20.4 Å². The first kappa shape index (κ1) is 16.7. The fourth-order valence-corrected chi connectivity index (χ4v) is 4.84. The van der Waals surface area contributed by atoms with Gasteiger partial charge in [-0.3, -0.25) is 4.99 Å². The van der Waals surface area contributed by atoms with E-state index in [-0.39, 0.29) is 12.3 Å². The van der Waals surface area contributed by atoms with E-state index in [4.69, 9.17) is 16.6 Å². The summed E-state index contributed by atoms with van der Waals surface area (Å²) in [6.07, 6.45) is 1.80. The Labute approximate surface area is 174 Å². The molecule has 3 heterocycles. The molecule has 0 saturated carbocycles. The van der Waals surface area contributed by atoms with Crippen LogP contribution in [0.3, 0.4) is 0 Å². The van der Waals surface area contributed by atoms with E-state index in [0.29, 0.717) is 11.6 Å². The zero-order chi connectivity index (χ0) is 19.5. The normalized spacial score (nSPS) is 22.1. The number of hydrogen-bond acceptors (Lipinski definition) is 5. The summed E-state index contributed by atoms with van der Waals surface area (Å²) in [6.45, 7) is 0.503. The van der Waals surface area contributed by atoms with Crippen molar-refractivity contribution >= 4 is 45.3 Å². The molecule has 3 aromatic carbocycles. The lowest BCUT2D eigenvalue weighted by Crippen LogP contribution is -2.56. The molecule has 6 heteroatoms. The standard InChI is InChI=1S/C23H20ClN5/c1-28-18-8-4-5-9-19(18)29-22(21-25-12-15(24)13-26-21)27-17-11-10-14-6-2-3-7-16(14)20(17)23(28)29/h2-12,22-23,27H,13H2,1H3,(H,25,26). The van der Waals surface area contributed by atoms with Crippen molar-refractivity contribution < 1.29 is 0 Å². The Morgan fingerprint density at radius 3 is 2.62 bits per heavy atom. The van der Waals surface area contributed by atoms with Crippen molar-refractivity contribution in [2.24, 2.45) is 4.99 Å². The average Bonchev–Trinajstić information content (AvgIpc) is 3.07. The fraction of sp³-hybridized carbons (Fsp3) is 0.174. The van der Waals surface area contributed by atoms with Crippen LogP contribution in [0.15, 0.2) is 76.9 Å². The SMILES string of the molecule is CN1c2ccccc2N2C(C3=NCC(Cl)=CN3)Nc3ccc4ccccc4c3C12. The van der Waals surface area contributed by atoms with Gasteiger partial charge in [-0.25, -0.2) is 0 Å². The summed E-state index contributed by atoms with van der Waals surface area (Å²) in [6, 6.07) is 21.5. The number of rotatable bonds is 1. The maximum atomic E-state index is 6.13. The highest BCUT2D eigenvalue weighted by atomic mass is 35.5. The van der Waals surface area contributed by atoms with Gasteiger partial charge in [-0.2, -0.15) is 0 Å². The summed E-state index contributed by atoms with van der Waals surface area (Å²) >= 11 is 6.13. The lowest BCUT2D eigenvalue weighted by atomic mass is 9.96. The molecular formula is C23H20ClN5. The van der Waals surface area contributed by atoms with Crippen LogP contribution < -0.4 is 20.4 Å². The minimum Gasteiger partial charge on any atom is -0.359 e. The Morgan fingerprint density at radius 2 is 1.79 bits per heavy atom. The summed E-state index contributed by atoms with van der Waals surface area (Å²) in [4.78, 5) is 9.49. The Bertz CT molecular complexity index is 1200. The van der Waals surface area contributed by atoms with Crippen molar-refractivity contribution in [1.29, 1.82) is 0 Å². The zero-order valence-electron chi connectivity index (χ0n) is 15.9. The molecule has 2 unspecified atom stereocenters. The molecule has 2 atom stereocenters. The highest BCUT2D eigenvalue weighted by molar-refractivity contribution is 6.30. The highest BCUT2D eigenvalue weighted by Crippen LogP contribution is 2.52. The Balaban J connectivity index is 1.58. The van der Waals surface area contributed by atoms with Crippen molar-refractivity contribution in [2.75, 3.05) is 28.7 Å². The summed E-state index contributed by atoms with van der Waals surface area (Å²) in [7, 11) is 2.17. The molecule has 3 aliphatic rings. The van der Waals surface area contributed by atoms with Crippen LogP contribution in [0.5, 0.6) is 0 Å². The van der Waals surface area contributed by atoms with Crippen LogP contribution in [0.1, 0.15) is 11.7 Å². The summed E-state index contributed by atoms with van der Waals surface area (Å²) in [5.74, 6) is 0.878. The number of halogens is 1. The predicted molar refractivity (Wildman–Crippen MR) is 121 cm³/mol. The molecule has 0 spiro atoms. The lowest BCUT2D eigenvalue weighted by Gasteiger charge is -2.44. The third kappa shape index (κ3) is 2.37. The molecule has 5 nitrogen and oxygen atoms in total. The summed E-state index contributed by atoms with van der Waals surface area (Å²) < 4.78 is 0. The van der Waals surface area contributed by atoms with Crippen molar-refractivity contribution in [3.63, 3.8) is 0 Å². The molecule has 29 heavy (non-hydrogen) atoms. The number of para-hydroxylation sites is 2. The molecule has 0 saturated heterocycles. The molecule has 3 aromatic rings. The van der Waals surface area contributed by atoms with Gasteiger partial charge in [0, 0.05) is 24.5 Å². The molecule has 0 bridgehead atoms. The van der Waals surface area contributed by atoms with E-state index in [2.05, 4.69) is 88.1 Å². The Kier molecular flexibility index (Phi) is 3.56. The summed E-state index contributed by atoms with van der Waals surface area (Å²) in [5, 5.41) is 10.3. The molecule has 144 valence electrons. The van der Waals surface area contributed by atoms with Crippen LogP contribution >= 0.6 is 11.6 Å². The number of anilines is 3. The topological polar surface area (TPSA) is 42.9 Å². The van der Waals surface area contributed by atoms with Crippen LogP contribution in [-0.2, 0) is 0 Å². The van der Waals surface area contributed by atoms with Gasteiger partial charge in [0.05, 0.1) is 23.0 Å². The first-order valence-electron chi connectivity index (χ1n) is 9.76. The maximum Gasteiger partial charge on any atom is 0.161 e. The van der Waals surface area contributed by atoms with E-state index in [9.17, 15) is 0 Å². The van der Waals surface area contributed by atoms with Crippen molar-refractivity contribution in [1.82, 2.24) is 5.32 Å². The zero-order valence-corrected chi connectivity index (χ0v) is 16.7. The van der Waals surface area contributed by atoms with E-state index in [0.717, 1.165) is 11.5 Å². The molecular weight excluding hydrogens is 382 g/mol. The van der Waals surface area contributed by atoms with Crippen molar-refractivity contribution in [2.45, 2.75) is 12.3 Å². The summed E-state index contributed by atoms with van der Waals surface area (Å²) in [5.41, 5.74) is 4.85. The van der Waals surface area contributed by atoms with Gasteiger partial charge in [0.2, 0.25) is 0 Å². The van der Waals surface area contributed by atoms with Crippen molar-refractivity contribution in [3.05, 3.63) is 77.5 Å². The molecule has 0 amide bonds. The molecule has 0 radical (unpaired) electrons. The van der Waals surface area contributed by atoms with Crippen molar-refractivity contribution in [3.8, 4) is 0 Å². The molecule has 6 rings (SSSR count). The second kappa shape index (κ2) is 6.16. The monoisotopic (exact) mass is 401 g/mol. The maximum absolute atomic E-state index is 6.13. The van der Waals surface area contributed by atoms with E-state index < -0.39 is 0 Å². The Morgan fingerprint density at radius 1 is 1.00 bits per heavy atom. The number of aliphatic imine (C=N–C) groups is 1. The highest BCUT2D eigenvalue weighted by Gasteiger charge is 2.45. The first-order chi connectivity index (χ1) is 14.2. The van der Waals surface area contributed by atoms with Gasteiger partial charge in [-0.15, -0.1) is 0 Å². The number of hydrogen-bond donors (Lipinski definition) is 2. The Hall–Kier alpha value is -3.18. The second-order valence-electron chi connectivity index (χ2n) is 7.61. The molecule has 0 aliphatic carbocycles. The van der Waals surface area contributed by atoms with Gasteiger partial charge in [-0.05, 0) is 29.0 Å². The minimum atomic E-state index is -0.110. The first-order valence-corrected chi connectivity index (χ1v) is 10.1. The number of benzene rings is 3. The van der Waals surface area contributed by atoms with Gasteiger partial charge in [0.1, 0.15) is 12.0 Å². The quantitative estimate of drug-likeness (QED) is 0.624. The van der Waals surface area contributed by atoms with Gasteiger partial charge in [-0.1, -0.05) is 54.1 Å². The molecule has 3 aliphatic heterocycles. The third-order valence-corrected chi connectivity index (χ3v) is 6.23. The third-order valence-electron chi connectivity index (χ3n) is 6.01. The van der Waals surface area contributed by atoms with Crippen LogP contribution in [0.4, 0.5) is 17.1 Å². The van der Waals surface area contributed by atoms with Crippen LogP contribution in [0.2, 0.25) is 0 Å². The number of nitrogens with one attached hydrogen (secondary N) is 2. The van der Waals surface area contributed by atoms with E-state index in [1.165, 1.54) is 27.7 Å². The van der Waals surface area contributed by atoms with Crippen LogP contribution in [-0.4, -0.2) is 25.6 Å². The predicted octanol–water partition coefficient (Wildman–Crippen LogP) is 4.63. The fourth-order valence-electron chi connectivity index (χ4n) is 4.73. The van der Waals surface area contributed by atoms with Gasteiger partial charge in [0.25, 0.3) is 0 Å². The molecule has 0 aromatic heterocycles. The van der Waals surface area contributed by atoms with E-state index in [1.54, 1.807) is 0 Å². The smallest absolute Gasteiger partial charge is 0.161 e. The largest absolute Gasteiger partial charge is 0.359 e. The number of nitrogens with zero attached hydrogens (tertiary/aromatic N) is 3. The van der Waals surface area contributed by atoms with E-state index >= 15 is 0 Å². The lowest BCUT2D eigenvalue weighted by molar-refractivity contribution is 0.607. The average molecular weight is 402 g/mol. The number of fused-ring (bicyclic) bond motifs is 7. The van der Waals surface area contributed by atoms with E-state index in [1.807, 2.05) is 6.20 Å². The molecule has 2 N–H and O–H groups in total. The van der Waals surface area contributed by atoms with Crippen LogP contribution in [0, 0.1) is 0 Å². The minimum absolute atomic E-state index is 0.0747. The van der Waals surface area contributed by atoms with Crippen LogP contribution in [0.25, 0.3) is 10.8 Å².